The van der Waals surface area contributed by atoms with E-state index < -0.39 is 0 Å². The summed E-state index contributed by atoms with van der Waals surface area (Å²) < 4.78 is 12.6. The minimum atomic E-state index is 0.623. The number of hydrogen-bond donors (Lipinski definition) is 0. The summed E-state index contributed by atoms with van der Waals surface area (Å²) in [4.78, 5) is 11.1. The van der Waals surface area contributed by atoms with Crippen LogP contribution in [0.1, 0.15) is 30.4 Å². The largest absolute Gasteiger partial charge is 0.384 e. The number of imidazole rings is 1. The number of likely N-dealkylation sites (tertiary alicyclic amines) is 1. The van der Waals surface area contributed by atoms with E-state index in [1.54, 1.807) is 7.11 Å². The monoisotopic (exact) mass is 319 g/mol. The summed E-state index contributed by atoms with van der Waals surface area (Å²) in [5, 5.41) is 3.99. The first kappa shape index (κ1) is 16.1. The number of aromatic nitrogens is 4. The first-order chi connectivity index (χ1) is 11.2. The minimum absolute atomic E-state index is 0.623. The maximum Gasteiger partial charge on any atom is 0.240 e. The van der Waals surface area contributed by atoms with E-state index in [4.69, 9.17) is 9.26 Å². The minimum Gasteiger partial charge on any atom is -0.384 e. The van der Waals surface area contributed by atoms with Crippen molar-refractivity contribution in [2.75, 3.05) is 26.8 Å². The van der Waals surface area contributed by atoms with Crippen molar-refractivity contribution in [2.45, 2.75) is 39.3 Å². The lowest BCUT2D eigenvalue weighted by Crippen LogP contribution is -2.34. The molecule has 3 heterocycles. The number of hydrogen-bond acceptors (Lipinski definition) is 6. The van der Waals surface area contributed by atoms with Gasteiger partial charge in [-0.2, -0.15) is 4.98 Å². The van der Waals surface area contributed by atoms with Gasteiger partial charge in [-0.3, -0.25) is 4.90 Å². The molecule has 23 heavy (non-hydrogen) atoms. The maximum absolute atomic E-state index is 5.32. The van der Waals surface area contributed by atoms with Crippen molar-refractivity contribution in [1.29, 1.82) is 0 Å². The lowest BCUT2D eigenvalue weighted by atomic mass is 9.96. The van der Waals surface area contributed by atoms with Crippen LogP contribution in [0, 0.1) is 12.8 Å². The zero-order chi connectivity index (χ0) is 16.1. The third kappa shape index (κ3) is 4.39. The van der Waals surface area contributed by atoms with E-state index in [1.807, 2.05) is 6.20 Å². The number of rotatable bonds is 7. The normalized spacial score (nSPS) is 17.0. The molecule has 0 amide bonds. The highest BCUT2D eigenvalue weighted by molar-refractivity contribution is 4.90. The smallest absolute Gasteiger partial charge is 0.240 e. The van der Waals surface area contributed by atoms with Gasteiger partial charge in [0.15, 0.2) is 5.82 Å². The molecule has 0 aromatic carbocycles. The average Bonchev–Trinajstić information content (AvgIpc) is 3.17. The number of methoxy groups -OCH3 is 1. The summed E-state index contributed by atoms with van der Waals surface area (Å²) in [5.41, 5.74) is 0. The second-order valence-electron chi connectivity index (χ2n) is 6.19. The van der Waals surface area contributed by atoms with Crippen LogP contribution in [-0.4, -0.2) is 51.4 Å². The molecule has 0 aliphatic carbocycles. The molecule has 0 N–H and O–H groups in total. The zero-order valence-corrected chi connectivity index (χ0v) is 13.9. The van der Waals surface area contributed by atoms with Gasteiger partial charge in [0, 0.05) is 32.5 Å². The summed E-state index contributed by atoms with van der Waals surface area (Å²) >= 11 is 0. The fourth-order valence-electron chi connectivity index (χ4n) is 3.04. The van der Waals surface area contributed by atoms with E-state index in [9.17, 15) is 0 Å². The molecular weight excluding hydrogens is 294 g/mol. The predicted octanol–water partition coefficient (Wildman–Crippen LogP) is 1.68. The van der Waals surface area contributed by atoms with Gasteiger partial charge in [0.05, 0.1) is 13.2 Å². The van der Waals surface area contributed by atoms with Crippen LogP contribution in [0.15, 0.2) is 16.9 Å². The van der Waals surface area contributed by atoms with E-state index in [-0.39, 0.29) is 0 Å². The van der Waals surface area contributed by atoms with E-state index in [0.717, 1.165) is 43.7 Å². The number of piperidine rings is 1. The highest BCUT2D eigenvalue weighted by atomic mass is 16.5. The van der Waals surface area contributed by atoms with Gasteiger partial charge in [-0.1, -0.05) is 5.16 Å². The molecule has 1 fully saturated rings. The Hall–Kier alpha value is -1.73. The van der Waals surface area contributed by atoms with Crippen molar-refractivity contribution in [3.05, 3.63) is 29.9 Å². The van der Waals surface area contributed by atoms with Crippen molar-refractivity contribution in [2.24, 2.45) is 5.92 Å². The van der Waals surface area contributed by atoms with Crippen LogP contribution in [0.25, 0.3) is 0 Å². The molecule has 2 aromatic heterocycles. The molecule has 2 aromatic rings. The van der Waals surface area contributed by atoms with E-state index in [0.29, 0.717) is 18.9 Å². The summed E-state index contributed by atoms with van der Waals surface area (Å²) in [6.07, 6.45) is 7.04. The molecular formula is C16H25N5O2. The summed E-state index contributed by atoms with van der Waals surface area (Å²) in [5.74, 6) is 3.26. The Morgan fingerprint density at radius 3 is 2.87 bits per heavy atom. The Balaban J connectivity index is 1.44. The van der Waals surface area contributed by atoms with Crippen molar-refractivity contribution in [3.8, 4) is 0 Å². The molecule has 0 radical (unpaired) electrons. The first-order valence-electron chi connectivity index (χ1n) is 8.25. The van der Waals surface area contributed by atoms with Crippen LogP contribution in [0.4, 0.5) is 0 Å². The van der Waals surface area contributed by atoms with Gasteiger partial charge in [-0.25, -0.2) is 4.98 Å². The Labute approximate surface area is 136 Å². The van der Waals surface area contributed by atoms with Gasteiger partial charge >= 0.3 is 0 Å². The highest BCUT2D eigenvalue weighted by Crippen LogP contribution is 2.20. The van der Waals surface area contributed by atoms with E-state index in [1.165, 1.54) is 12.8 Å². The van der Waals surface area contributed by atoms with Crippen LogP contribution in [0.2, 0.25) is 0 Å². The zero-order valence-electron chi connectivity index (χ0n) is 13.9. The fourth-order valence-corrected chi connectivity index (χ4v) is 3.04. The van der Waals surface area contributed by atoms with Crippen molar-refractivity contribution in [3.63, 3.8) is 0 Å². The van der Waals surface area contributed by atoms with Gasteiger partial charge in [0.1, 0.15) is 5.82 Å². The molecule has 0 unspecified atom stereocenters. The molecule has 1 aliphatic heterocycles. The second kappa shape index (κ2) is 7.70. The third-order valence-corrected chi connectivity index (χ3v) is 4.48. The van der Waals surface area contributed by atoms with Crippen molar-refractivity contribution >= 4 is 0 Å². The number of nitrogens with zero attached hydrogens (tertiary/aromatic N) is 5. The third-order valence-electron chi connectivity index (χ3n) is 4.48. The summed E-state index contributed by atoms with van der Waals surface area (Å²) in [6, 6.07) is 0. The molecule has 126 valence electrons. The Morgan fingerprint density at radius 2 is 2.17 bits per heavy atom. The quantitative estimate of drug-likeness (QED) is 0.773. The molecule has 0 spiro atoms. The lowest BCUT2D eigenvalue weighted by molar-refractivity contribution is 0.150. The van der Waals surface area contributed by atoms with E-state index in [2.05, 4.69) is 37.7 Å². The molecule has 0 bridgehead atoms. The average molecular weight is 319 g/mol. The van der Waals surface area contributed by atoms with E-state index >= 15 is 0 Å². The number of ether oxygens (including phenoxy) is 1. The molecule has 1 saturated heterocycles. The van der Waals surface area contributed by atoms with Crippen LogP contribution < -0.4 is 0 Å². The molecule has 7 nitrogen and oxygen atoms in total. The molecule has 3 rings (SSSR count). The van der Waals surface area contributed by atoms with Gasteiger partial charge < -0.3 is 13.8 Å². The van der Waals surface area contributed by atoms with Gasteiger partial charge in [0.2, 0.25) is 5.89 Å². The van der Waals surface area contributed by atoms with Gasteiger partial charge in [-0.05, 0) is 38.8 Å². The Kier molecular flexibility index (Phi) is 5.40. The first-order valence-corrected chi connectivity index (χ1v) is 8.25. The molecule has 1 aliphatic rings. The van der Waals surface area contributed by atoms with Crippen molar-refractivity contribution in [1.82, 2.24) is 24.6 Å². The summed E-state index contributed by atoms with van der Waals surface area (Å²) in [6.45, 7) is 6.66. The standard InChI is InChI=1S/C16H25N5O2/c1-13-17-6-9-21(13)11-14-3-7-20(8-4-14)12-16-18-15(19-23-16)5-10-22-2/h6,9,14H,3-5,7-8,10-12H2,1-2H3. The second-order valence-corrected chi connectivity index (χ2v) is 6.19. The van der Waals surface area contributed by atoms with Gasteiger partial charge in [0.25, 0.3) is 0 Å². The van der Waals surface area contributed by atoms with Crippen LogP contribution in [0.3, 0.4) is 0 Å². The Morgan fingerprint density at radius 1 is 1.35 bits per heavy atom. The van der Waals surface area contributed by atoms with Crippen LogP contribution in [0.5, 0.6) is 0 Å². The fraction of sp³-hybridized carbons (Fsp3) is 0.688. The Bertz CT molecular complexity index is 601. The van der Waals surface area contributed by atoms with Crippen molar-refractivity contribution < 1.29 is 9.26 Å². The number of aryl methyl sites for hydroxylation is 1. The summed E-state index contributed by atoms with van der Waals surface area (Å²) in [7, 11) is 1.68. The van der Waals surface area contributed by atoms with Crippen LogP contribution >= 0.6 is 0 Å². The highest BCUT2D eigenvalue weighted by Gasteiger charge is 2.21. The molecule has 0 atom stereocenters. The molecule has 0 saturated carbocycles. The van der Waals surface area contributed by atoms with Gasteiger partial charge in [-0.15, -0.1) is 0 Å². The molecule has 7 heteroatoms. The lowest BCUT2D eigenvalue weighted by Gasteiger charge is -2.31. The van der Waals surface area contributed by atoms with Crippen LogP contribution in [-0.2, 0) is 24.2 Å². The topological polar surface area (TPSA) is 69.2 Å². The SMILES string of the molecule is COCCc1noc(CN2CCC(Cn3ccnc3C)CC2)n1. The predicted molar refractivity (Wildman–Crippen MR) is 84.8 cm³/mol. The maximum atomic E-state index is 5.32.